The summed E-state index contributed by atoms with van der Waals surface area (Å²) in [5.41, 5.74) is -0.219. The largest absolute Gasteiger partial charge is 0.317 e. The molecule has 0 saturated carbocycles. The molecule has 0 spiro atoms. The molecule has 0 aromatic carbocycles. The standard InChI is InChI=1S/C12H14N6O2S/c19-9-2-1-8(15-16-9)10(20)14-12-18-17-11(21-12)7-3-5-13-6-4-7/h1-2,7,13H,3-6H2,(H,16,19)(H,14,18,20). The van der Waals surface area contributed by atoms with Gasteiger partial charge in [0.25, 0.3) is 11.5 Å². The van der Waals surface area contributed by atoms with Crippen LogP contribution in [-0.4, -0.2) is 39.4 Å². The summed E-state index contributed by atoms with van der Waals surface area (Å²) in [5, 5.41) is 21.4. The predicted octanol–water partition coefficient (Wildman–Crippen LogP) is 0.341. The van der Waals surface area contributed by atoms with Crippen molar-refractivity contribution in [1.29, 1.82) is 0 Å². The second-order valence-electron chi connectivity index (χ2n) is 4.73. The van der Waals surface area contributed by atoms with E-state index in [9.17, 15) is 9.59 Å². The molecule has 0 aliphatic carbocycles. The average Bonchev–Trinajstić information content (AvgIpc) is 2.97. The normalized spacial score (nSPS) is 15.8. The minimum atomic E-state index is -0.417. The minimum absolute atomic E-state index is 0.133. The Bertz CT molecular complexity index is 671. The first-order chi connectivity index (χ1) is 10.2. The molecule has 3 N–H and O–H groups in total. The van der Waals surface area contributed by atoms with Crippen LogP contribution in [0.25, 0.3) is 0 Å². The van der Waals surface area contributed by atoms with Crippen molar-refractivity contribution >= 4 is 22.4 Å². The fourth-order valence-corrected chi connectivity index (χ4v) is 3.06. The van der Waals surface area contributed by atoms with Gasteiger partial charge in [-0.05, 0) is 32.0 Å². The van der Waals surface area contributed by atoms with Gasteiger partial charge in [0.1, 0.15) is 10.7 Å². The molecule has 8 nitrogen and oxygen atoms in total. The molecule has 3 heterocycles. The molecule has 1 aliphatic rings. The number of hydrogen-bond donors (Lipinski definition) is 3. The van der Waals surface area contributed by atoms with Crippen LogP contribution in [0.4, 0.5) is 5.13 Å². The molecule has 0 bridgehead atoms. The Morgan fingerprint density at radius 3 is 2.81 bits per heavy atom. The highest BCUT2D eigenvalue weighted by atomic mass is 32.1. The first-order valence-electron chi connectivity index (χ1n) is 6.63. The Labute approximate surface area is 124 Å². The van der Waals surface area contributed by atoms with Crippen LogP contribution in [-0.2, 0) is 0 Å². The van der Waals surface area contributed by atoms with Gasteiger partial charge in [0.15, 0.2) is 0 Å². The van der Waals surface area contributed by atoms with Crippen LogP contribution < -0.4 is 16.2 Å². The predicted molar refractivity (Wildman–Crippen MR) is 77.6 cm³/mol. The summed E-state index contributed by atoms with van der Waals surface area (Å²) in [6.07, 6.45) is 2.06. The number of H-pyrrole nitrogens is 1. The van der Waals surface area contributed by atoms with E-state index in [0.717, 1.165) is 30.9 Å². The summed E-state index contributed by atoms with van der Waals surface area (Å²) in [7, 11) is 0. The summed E-state index contributed by atoms with van der Waals surface area (Å²) in [5.74, 6) is -0.0140. The van der Waals surface area contributed by atoms with Gasteiger partial charge in [0, 0.05) is 12.0 Å². The van der Waals surface area contributed by atoms with Crippen molar-refractivity contribution in [2.45, 2.75) is 18.8 Å². The van der Waals surface area contributed by atoms with Gasteiger partial charge >= 0.3 is 0 Å². The zero-order valence-corrected chi connectivity index (χ0v) is 11.9. The van der Waals surface area contributed by atoms with Crippen LogP contribution in [0.15, 0.2) is 16.9 Å². The molecule has 1 aliphatic heterocycles. The highest BCUT2D eigenvalue weighted by molar-refractivity contribution is 7.15. The van der Waals surface area contributed by atoms with E-state index >= 15 is 0 Å². The molecular weight excluding hydrogens is 292 g/mol. The lowest BCUT2D eigenvalue weighted by Gasteiger charge is -2.19. The number of carbonyl (C=O) groups excluding carboxylic acids is 1. The van der Waals surface area contributed by atoms with E-state index in [-0.39, 0.29) is 11.3 Å². The Morgan fingerprint density at radius 2 is 2.10 bits per heavy atom. The lowest BCUT2D eigenvalue weighted by molar-refractivity contribution is 0.102. The van der Waals surface area contributed by atoms with E-state index in [0.29, 0.717) is 11.0 Å². The minimum Gasteiger partial charge on any atom is -0.317 e. The molecule has 2 aromatic rings. The van der Waals surface area contributed by atoms with E-state index in [1.807, 2.05) is 0 Å². The molecule has 1 saturated heterocycles. The monoisotopic (exact) mass is 306 g/mol. The topological polar surface area (TPSA) is 113 Å². The van der Waals surface area contributed by atoms with E-state index in [4.69, 9.17) is 0 Å². The Kier molecular flexibility index (Phi) is 4.02. The van der Waals surface area contributed by atoms with Crippen molar-refractivity contribution in [2.24, 2.45) is 0 Å². The molecule has 2 aromatic heterocycles. The number of piperidine rings is 1. The van der Waals surface area contributed by atoms with Gasteiger partial charge in [0.05, 0.1) is 0 Å². The maximum atomic E-state index is 11.9. The first kappa shape index (κ1) is 13.8. The molecule has 110 valence electrons. The Balaban J connectivity index is 1.67. The van der Waals surface area contributed by atoms with E-state index in [1.165, 1.54) is 23.5 Å². The van der Waals surface area contributed by atoms with Crippen molar-refractivity contribution < 1.29 is 4.79 Å². The third-order valence-corrected chi connectivity index (χ3v) is 4.26. The van der Waals surface area contributed by atoms with Gasteiger partial charge in [-0.25, -0.2) is 5.10 Å². The number of carbonyl (C=O) groups is 1. The second kappa shape index (κ2) is 6.10. The SMILES string of the molecule is O=C(Nc1nnc(C2CCNCC2)s1)c1ccc(=O)[nH]n1. The summed E-state index contributed by atoms with van der Waals surface area (Å²) >= 11 is 1.38. The molecule has 0 atom stereocenters. The zero-order chi connectivity index (χ0) is 14.7. The number of rotatable bonds is 3. The van der Waals surface area contributed by atoms with Gasteiger partial charge in [0.2, 0.25) is 5.13 Å². The second-order valence-corrected chi connectivity index (χ2v) is 5.74. The fourth-order valence-electron chi connectivity index (χ4n) is 2.15. The maximum Gasteiger partial charge on any atom is 0.277 e. The maximum absolute atomic E-state index is 11.9. The molecule has 0 radical (unpaired) electrons. The molecule has 1 amide bonds. The Hall–Kier alpha value is -2.13. The van der Waals surface area contributed by atoms with Crippen LogP contribution in [0.1, 0.15) is 34.3 Å². The summed E-state index contributed by atoms with van der Waals surface area (Å²) < 4.78 is 0. The number of hydrogen-bond acceptors (Lipinski definition) is 7. The lowest BCUT2D eigenvalue weighted by atomic mass is 9.99. The Morgan fingerprint density at radius 1 is 1.29 bits per heavy atom. The van der Waals surface area contributed by atoms with E-state index in [2.05, 4.69) is 31.0 Å². The number of amides is 1. The molecule has 1 fully saturated rings. The third kappa shape index (κ3) is 3.31. The lowest BCUT2D eigenvalue weighted by Crippen LogP contribution is -2.26. The van der Waals surface area contributed by atoms with Crippen molar-refractivity contribution in [2.75, 3.05) is 18.4 Å². The van der Waals surface area contributed by atoms with Crippen molar-refractivity contribution in [1.82, 2.24) is 25.7 Å². The van der Waals surface area contributed by atoms with Crippen molar-refractivity contribution in [3.8, 4) is 0 Å². The molecular formula is C12H14N6O2S. The zero-order valence-electron chi connectivity index (χ0n) is 11.1. The molecule has 21 heavy (non-hydrogen) atoms. The quantitative estimate of drug-likeness (QED) is 0.754. The van der Waals surface area contributed by atoms with Gasteiger partial charge in [-0.2, -0.15) is 5.10 Å². The van der Waals surface area contributed by atoms with Crippen LogP contribution in [0, 0.1) is 0 Å². The summed E-state index contributed by atoms with van der Waals surface area (Å²) in [6.45, 7) is 1.96. The van der Waals surface area contributed by atoms with E-state index < -0.39 is 5.91 Å². The number of nitrogens with one attached hydrogen (secondary N) is 3. The summed E-state index contributed by atoms with van der Waals surface area (Å²) in [4.78, 5) is 22.8. The number of aromatic amines is 1. The number of anilines is 1. The number of nitrogens with zero attached hydrogens (tertiary/aromatic N) is 3. The molecule has 9 heteroatoms. The highest BCUT2D eigenvalue weighted by Crippen LogP contribution is 2.29. The van der Waals surface area contributed by atoms with Gasteiger partial charge < -0.3 is 5.32 Å². The summed E-state index contributed by atoms with van der Waals surface area (Å²) in [6, 6.07) is 2.62. The van der Waals surface area contributed by atoms with Crippen molar-refractivity contribution in [3.63, 3.8) is 0 Å². The van der Waals surface area contributed by atoms with Crippen molar-refractivity contribution in [3.05, 3.63) is 33.2 Å². The van der Waals surface area contributed by atoms with Crippen LogP contribution in [0.2, 0.25) is 0 Å². The number of aromatic nitrogens is 4. The third-order valence-electron chi connectivity index (χ3n) is 3.26. The average molecular weight is 306 g/mol. The highest BCUT2D eigenvalue weighted by Gasteiger charge is 2.20. The van der Waals surface area contributed by atoms with Gasteiger partial charge in [-0.3, -0.25) is 14.9 Å². The van der Waals surface area contributed by atoms with Gasteiger partial charge in [-0.15, -0.1) is 10.2 Å². The first-order valence-corrected chi connectivity index (χ1v) is 7.45. The van der Waals surface area contributed by atoms with Crippen LogP contribution >= 0.6 is 11.3 Å². The molecule has 3 rings (SSSR count). The van der Waals surface area contributed by atoms with E-state index in [1.54, 1.807) is 0 Å². The van der Waals surface area contributed by atoms with Gasteiger partial charge in [-0.1, -0.05) is 11.3 Å². The fraction of sp³-hybridized carbons (Fsp3) is 0.417. The molecule has 0 unspecified atom stereocenters. The van der Waals surface area contributed by atoms with Crippen LogP contribution in [0.3, 0.4) is 0 Å². The van der Waals surface area contributed by atoms with Crippen LogP contribution in [0.5, 0.6) is 0 Å². The smallest absolute Gasteiger partial charge is 0.277 e.